The molecule has 1 aromatic heterocycles. The number of nitrogens with zero attached hydrogens (tertiary/aromatic N) is 3. The number of aliphatic hydroxyl groups is 1. The first-order valence-corrected chi connectivity index (χ1v) is 11.1. The van der Waals surface area contributed by atoms with Gasteiger partial charge in [0, 0.05) is 19.2 Å². The molecule has 0 spiro atoms. The van der Waals surface area contributed by atoms with Crippen LogP contribution >= 0.6 is 0 Å². The summed E-state index contributed by atoms with van der Waals surface area (Å²) in [7, 11) is 1.81. The van der Waals surface area contributed by atoms with Gasteiger partial charge in [-0.25, -0.2) is 0 Å². The van der Waals surface area contributed by atoms with Crippen molar-refractivity contribution in [2.75, 3.05) is 7.05 Å². The summed E-state index contributed by atoms with van der Waals surface area (Å²) >= 11 is 0. The van der Waals surface area contributed by atoms with Crippen molar-refractivity contribution in [1.82, 2.24) is 20.4 Å². The molecule has 1 heterocycles. The molecule has 35 heavy (non-hydrogen) atoms. The van der Waals surface area contributed by atoms with E-state index in [1.165, 1.54) is 24.4 Å². The Morgan fingerprint density at radius 3 is 2.60 bits per heavy atom. The number of aromatic nitrogens is 2. The largest absolute Gasteiger partial charge is 0.488 e. The molecule has 2 N–H and O–H groups in total. The van der Waals surface area contributed by atoms with Crippen molar-refractivity contribution in [3.63, 3.8) is 0 Å². The quantitative estimate of drug-likeness (QED) is 0.533. The fourth-order valence-electron chi connectivity index (χ4n) is 4.38. The highest BCUT2D eigenvalue weighted by Crippen LogP contribution is 2.34. The summed E-state index contributed by atoms with van der Waals surface area (Å²) in [5.74, 6) is -0.470. The summed E-state index contributed by atoms with van der Waals surface area (Å²) in [6, 6.07) is 16.1. The Hall–Kier alpha value is -3.50. The number of likely N-dealkylation sites (N-methyl/N-ethyl adjacent to an activating group) is 1. The van der Waals surface area contributed by atoms with Crippen molar-refractivity contribution in [2.45, 2.75) is 43.4 Å². The van der Waals surface area contributed by atoms with Gasteiger partial charge in [-0.05, 0) is 42.9 Å². The number of nitrogens with one attached hydrogen (secondary N) is 1. The Morgan fingerprint density at radius 2 is 1.91 bits per heavy atom. The van der Waals surface area contributed by atoms with Gasteiger partial charge in [0.25, 0.3) is 5.91 Å². The molecule has 184 valence electrons. The molecule has 2 aromatic carbocycles. The van der Waals surface area contributed by atoms with Gasteiger partial charge in [-0.15, -0.1) is 5.10 Å². The monoisotopic (exact) mass is 486 g/mol. The van der Waals surface area contributed by atoms with Gasteiger partial charge in [0.2, 0.25) is 0 Å². The number of rotatable bonds is 7. The topological polar surface area (TPSA) is 87.6 Å². The van der Waals surface area contributed by atoms with Gasteiger partial charge < -0.3 is 15.2 Å². The average Bonchev–Trinajstić information content (AvgIpc) is 3.14. The van der Waals surface area contributed by atoms with E-state index in [0.29, 0.717) is 6.54 Å². The van der Waals surface area contributed by atoms with Crippen LogP contribution in [-0.4, -0.2) is 57.5 Å². The van der Waals surface area contributed by atoms with E-state index in [9.17, 15) is 23.1 Å². The first-order valence-electron chi connectivity index (χ1n) is 11.1. The molecule has 7 nitrogen and oxygen atoms in total. The molecule has 0 radical (unpaired) electrons. The van der Waals surface area contributed by atoms with E-state index in [2.05, 4.69) is 15.5 Å². The second-order valence-corrected chi connectivity index (χ2v) is 8.49. The number of carbonyl (C=O) groups is 1. The molecule has 3 aromatic rings. The fourth-order valence-corrected chi connectivity index (χ4v) is 4.38. The van der Waals surface area contributed by atoms with Crippen molar-refractivity contribution < 1.29 is 27.8 Å². The van der Waals surface area contributed by atoms with Gasteiger partial charge in [-0.1, -0.05) is 36.4 Å². The predicted octanol–water partition coefficient (Wildman–Crippen LogP) is 3.31. The number of aliphatic hydroxyl groups excluding tert-OH is 1. The molecule has 0 unspecified atom stereocenters. The normalized spacial score (nSPS) is 22.2. The zero-order valence-electron chi connectivity index (χ0n) is 18.9. The maximum atomic E-state index is 13.1. The molecule has 0 saturated heterocycles. The Labute approximate surface area is 200 Å². The van der Waals surface area contributed by atoms with E-state index in [1.54, 1.807) is 6.07 Å². The second-order valence-electron chi connectivity index (χ2n) is 8.49. The second kappa shape index (κ2) is 10.4. The number of halogens is 3. The predicted molar refractivity (Wildman–Crippen MR) is 121 cm³/mol. The number of hydrogen-bond donors (Lipinski definition) is 2. The number of hydrogen-bond acceptors (Lipinski definition) is 6. The summed E-state index contributed by atoms with van der Waals surface area (Å²) in [6.45, 7) is 0.482. The van der Waals surface area contributed by atoms with Crippen molar-refractivity contribution >= 4 is 5.91 Å². The van der Waals surface area contributed by atoms with Crippen molar-refractivity contribution in [3.8, 4) is 5.75 Å². The van der Waals surface area contributed by atoms with Gasteiger partial charge in [0.05, 0.1) is 17.6 Å². The Balaban J connectivity index is 1.55. The highest BCUT2D eigenvalue weighted by molar-refractivity contribution is 5.92. The summed E-state index contributed by atoms with van der Waals surface area (Å²) in [5.41, 5.74) is 0.282. The molecule has 10 heteroatoms. The fraction of sp³-hybridized carbons (Fsp3) is 0.320. The van der Waals surface area contributed by atoms with Gasteiger partial charge in [-0.2, -0.15) is 18.3 Å². The Kier molecular flexibility index (Phi) is 7.32. The van der Waals surface area contributed by atoms with E-state index >= 15 is 0 Å². The lowest BCUT2D eigenvalue weighted by Gasteiger charge is -2.32. The highest BCUT2D eigenvalue weighted by atomic mass is 19.4. The molecular weight excluding hydrogens is 461 g/mol. The summed E-state index contributed by atoms with van der Waals surface area (Å²) in [5, 5.41) is 21.6. The molecule has 1 amide bonds. The molecule has 0 bridgehead atoms. The zero-order valence-corrected chi connectivity index (χ0v) is 18.9. The molecular formula is C25H25F3N4O3. The zero-order chi connectivity index (χ0) is 25.0. The van der Waals surface area contributed by atoms with Gasteiger partial charge in [-0.3, -0.25) is 9.69 Å². The first kappa shape index (κ1) is 24.6. The smallest absolute Gasteiger partial charge is 0.416 e. The third-order valence-corrected chi connectivity index (χ3v) is 5.98. The van der Waals surface area contributed by atoms with Crippen LogP contribution in [0.25, 0.3) is 0 Å². The van der Waals surface area contributed by atoms with E-state index in [0.717, 1.165) is 17.7 Å². The minimum Gasteiger partial charge on any atom is -0.488 e. The van der Waals surface area contributed by atoms with Gasteiger partial charge in [0.15, 0.2) is 5.69 Å². The third-order valence-electron chi connectivity index (χ3n) is 5.98. The van der Waals surface area contributed by atoms with Crippen molar-refractivity contribution in [2.24, 2.45) is 0 Å². The highest BCUT2D eigenvalue weighted by Gasteiger charge is 2.47. The molecule has 4 rings (SSSR count). The summed E-state index contributed by atoms with van der Waals surface area (Å²) in [6.07, 6.45) is -4.79. The lowest BCUT2D eigenvalue weighted by molar-refractivity contribution is -0.137. The summed E-state index contributed by atoms with van der Waals surface area (Å²) < 4.78 is 45.2. The molecule has 4 atom stereocenters. The van der Waals surface area contributed by atoms with Crippen molar-refractivity contribution in [1.29, 1.82) is 0 Å². The molecule has 1 fully saturated rings. The lowest BCUT2D eigenvalue weighted by atomic mass is 10.1. The minimum absolute atomic E-state index is 0.00533. The van der Waals surface area contributed by atoms with Crippen LogP contribution in [0, 0.1) is 0 Å². The number of amides is 1. The number of carbonyl (C=O) groups excluding carboxylic acids is 1. The van der Waals surface area contributed by atoms with E-state index in [1.807, 2.05) is 42.3 Å². The van der Waals surface area contributed by atoms with Crippen LogP contribution in [-0.2, 0) is 12.7 Å². The Morgan fingerprint density at radius 1 is 1.14 bits per heavy atom. The van der Waals surface area contributed by atoms with Gasteiger partial charge >= 0.3 is 6.18 Å². The van der Waals surface area contributed by atoms with Crippen LogP contribution in [0.4, 0.5) is 13.2 Å². The number of benzene rings is 2. The number of alkyl halides is 3. The van der Waals surface area contributed by atoms with Crippen LogP contribution in [0.2, 0.25) is 0 Å². The molecule has 1 aliphatic carbocycles. The van der Waals surface area contributed by atoms with Crippen LogP contribution < -0.4 is 10.1 Å². The van der Waals surface area contributed by atoms with Crippen LogP contribution in [0.3, 0.4) is 0 Å². The molecule has 1 saturated carbocycles. The Bertz CT molecular complexity index is 1130. The van der Waals surface area contributed by atoms with Crippen LogP contribution in [0.5, 0.6) is 5.75 Å². The maximum absolute atomic E-state index is 13.1. The molecule has 0 aliphatic heterocycles. The standard InChI is InChI=1S/C25H25F3N4O3/c1-32(15-16-7-3-2-4-8-16)22-20(30-24(34)19-11-6-12-29-31-19)14-21(23(22)33)35-18-10-5-9-17(13-18)25(26,27)28/h2-13,20-23,33H,14-15H2,1H3,(H,30,34)/t20-,21-,22+,23+/m1/s1. The summed E-state index contributed by atoms with van der Waals surface area (Å²) in [4.78, 5) is 14.7. The van der Waals surface area contributed by atoms with Crippen molar-refractivity contribution in [3.05, 3.63) is 89.7 Å². The third kappa shape index (κ3) is 5.95. The van der Waals surface area contributed by atoms with E-state index in [4.69, 9.17) is 4.74 Å². The SMILES string of the molecule is CN(Cc1ccccc1)[C@@H]1[C@@H](O)[C@H](Oc2cccc(C(F)(F)F)c2)C[C@H]1NC(=O)c1cccnn1. The maximum Gasteiger partial charge on any atom is 0.416 e. The lowest BCUT2D eigenvalue weighted by Crippen LogP contribution is -2.52. The number of ether oxygens (including phenoxy) is 1. The average molecular weight is 486 g/mol. The van der Waals surface area contributed by atoms with E-state index in [-0.39, 0.29) is 17.9 Å². The van der Waals surface area contributed by atoms with Gasteiger partial charge in [0.1, 0.15) is 18.0 Å². The molecule has 1 aliphatic rings. The van der Waals surface area contributed by atoms with Crippen LogP contribution in [0.15, 0.2) is 72.9 Å². The van der Waals surface area contributed by atoms with E-state index < -0.39 is 41.9 Å². The first-order chi connectivity index (χ1) is 16.7. The van der Waals surface area contributed by atoms with Crippen LogP contribution in [0.1, 0.15) is 28.0 Å². The minimum atomic E-state index is -4.51.